The molecule has 1 unspecified atom stereocenters. The minimum atomic E-state index is -0.621. The highest BCUT2D eigenvalue weighted by atomic mass is 32.2. The second-order valence-electron chi connectivity index (χ2n) is 6.41. The van der Waals surface area contributed by atoms with Crippen LogP contribution in [-0.2, 0) is 16.0 Å². The largest absolute Gasteiger partial charge is 0.274 e. The lowest BCUT2D eigenvalue weighted by atomic mass is 10.2. The second-order valence-corrected chi connectivity index (χ2v) is 7.60. The highest BCUT2D eigenvalue weighted by molar-refractivity contribution is 8.00. The average molecular weight is 390 g/mol. The van der Waals surface area contributed by atoms with E-state index < -0.39 is 5.25 Å². The van der Waals surface area contributed by atoms with Gasteiger partial charge >= 0.3 is 0 Å². The predicted octanol–water partition coefficient (Wildman–Crippen LogP) is 3.59. The number of benzene rings is 1. The second kappa shape index (κ2) is 8.69. The zero-order chi connectivity index (χ0) is 20.1. The number of pyridine rings is 1. The smallest absolute Gasteiger partial charge is 0.247 e. The number of aromatic nitrogens is 1. The van der Waals surface area contributed by atoms with Gasteiger partial charge in [-0.25, -0.2) is 9.88 Å². The van der Waals surface area contributed by atoms with Gasteiger partial charge in [0.25, 0.3) is 0 Å². The van der Waals surface area contributed by atoms with E-state index in [1.54, 1.807) is 30.3 Å². The number of imide groups is 1. The summed E-state index contributed by atoms with van der Waals surface area (Å²) >= 11 is 1.17. The quantitative estimate of drug-likeness (QED) is 0.699. The molecule has 1 saturated heterocycles. The number of hydrogen-bond acceptors (Lipinski definition) is 6. The van der Waals surface area contributed by atoms with E-state index in [2.05, 4.69) is 18.0 Å². The number of nitriles is 2. The van der Waals surface area contributed by atoms with Crippen molar-refractivity contribution in [3.8, 4) is 12.1 Å². The first-order valence-electron chi connectivity index (χ1n) is 9.01. The summed E-state index contributed by atoms with van der Waals surface area (Å²) in [5.41, 5.74) is 2.19. The topological polar surface area (TPSA) is 97.9 Å². The van der Waals surface area contributed by atoms with Crippen molar-refractivity contribution in [3.63, 3.8) is 0 Å². The first-order chi connectivity index (χ1) is 13.6. The van der Waals surface area contributed by atoms with E-state index >= 15 is 0 Å². The van der Waals surface area contributed by atoms with E-state index in [4.69, 9.17) is 5.26 Å². The highest BCUT2D eigenvalue weighted by Crippen LogP contribution is 2.34. The Bertz CT molecular complexity index is 989. The Morgan fingerprint density at radius 3 is 2.54 bits per heavy atom. The highest BCUT2D eigenvalue weighted by Gasteiger charge is 2.40. The maximum absolute atomic E-state index is 12.8. The Morgan fingerprint density at radius 2 is 1.89 bits per heavy atom. The molecule has 140 valence electrons. The molecule has 1 aliphatic rings. The minimum absolute atomic E-state index is 0.0508. The van der Waals surface area contributed by atoms with Gasteiger partial charge in [0.1, 0.15) is 11.1 Å². The first-order valence-corrected chi connectivity index (χ1v) is 9.89. The van der Waals surface area contributed by atoms with Gasteiger partial charge in [0.2, 0.25) is 11.8 Å². The third-order valence-corrected chi connectivity index (χ3v) is 5.63. The summed E-state index contributed by atoms with van der Waals surface area (Å²) in [5.74, 6) is -0.628. The number of carbonyl (C=O) groups excluding carboxylic acids is 2. The van der Waals surface area contributed by atoms with E-state index in [0.717, 1.165) is 29.9 Å². The van der Waals surface area contributed by atoms with Crippen LogP contribution in [0, 0.1) is 22.7 Å². The summed E-state index contributed by atoms with van der Waals surface area (Å²) in [6, 6.07) is 14.0. The lowest BCUT2D eigenvalue weighted by Crippen LogP contribution is -2.31. The molecular formula is C21H18N4O2S. The molecule has 1 aromatic carbocycles. The molecule has 3 rings (SSSR count). The maximum atomic E-state index is 12.8. The average Bonchev–Trinajstić information content (AvgIpc) is 2.99. The SMILES string of the molecule is CCCCc1ccc(C#N)c(SC2CC(=O)N(c3ccc(C#N)cc3)C2=O)n1. The number of amides is 2. The van der Waals surface area contributed by atoms with Crippen LogP contribution >= 0.6 is 11.8 Å². The van der Waals surface area contributed by atoms with Crippen LogP contribution in [0.25, 0.3) is 0 Å². The summed E-state index contributed by atoms with van der Waals surface area (Å²) in [6.07, 6.45) is 2.90. The van der Waals surface area contributed by atoms with Crippen molar-refractivity contribution in [2.75, 3.05) is 4.90 Å². The monoisotopic (exact) mass is 390 g/mol. The normalized spacial score (nSPS) is 16.1. The third kappa shape index (κ3) is 4.05. The van der Waals surface area contributed by atoms with Crippen molar-refractivity contribution in [3.05, 3.63) is 53.2 Å². The van der Waals surface area contributed by atoms with Crippen molar-refractivity contribution in [1.82, 2.24) is 4.98 Å². The molecule has 2 aromatic rings. The van der Waals surface area contributed by atoms with Crippen molar-refractivity contribution in [2.24, 2.45) is 0 Å². The van der Waals surface area contributed by atoms with E-state index in [9.17, 15) is 14.9 Å². The molecule has 0 bridgehead atoms. The first kappa shape index (κ1) is 19.6. The number of anilines is 1. The van der Waals surface area contributed by atoms with Crippen LogP contribution in [0.2, 0.25) is 0 Å². The Labute approximate surface area is 167 Å². The van der Waals surface area contributed by atoms with E-state index in [1.807, 2.05) is 12.1 Å². The van der Waals surface area contributed by atoms with Gasteiger partial charge in [-0.2, -0.15) is 10.5 Å². The lowest BCUT2D eigenvalue weighted by Gasteiger charge is -2.15. The van der Waals surface area contributed by atoms with Crippen molar-refractivity contribution in [1.29, 1.82) is 10.5 Å². The molecule has 6 nitrogen and oxygen atoms in total. The fourth-order valence-corrected chi connectivity index (χ4v) is 4.05. The molecule has 1 aromatic heterocycles. The molecule has 0 spiro atoms. The van der Waals surface area contributed by atoms with Gasteiger partial charge in [-0.15, -0.1) is 0 Å². The van der Waals surface area contributed by atoms with E-state index in [-0.39, 0.29) is 18.2 Å². The van der Waals surface area contributed by atoms with Gasteiger partial charge in [-0.05, 0) is 49.2 Å². The Kier molecular flexibility index (Phi) is 6.08. The van der Waals surface area contributed by atoms with Gasteiger partial charge in [0.15, 0.2) is 0 Å². The van der Waals surface area contributed by atoms with Crippen LogP contribution in [0.1, 0.15) is 43.0 Å². The van der Waals surface area contributed by atoms with Gasteiger partial charge in [0.05, 0.1) is 28.1 Å². The molecule has 2 heterocycles. The summed E-state index contributed by atoms with van der Waals surface area (Å²) in [5, 5.41) is 18.1. The van der Waals surface area contributed by atoms with Gasteiger partial charge in [-0.3, -0.25) is 9.59 Å². The molecule has 1 atom stereocenters. The lowest BCUT2D eigenvalue weighted by molar-refractivity contribution is -0.121. The maximum Gasteiger partial charge on any atom is 0.247 e. The number of hydrogen-bond donors (Lipinski definition) is 0. The van der Waals surface area contributed by atoms with Crippen LogP contribution < -0.4 is 4.90 Å². The van der Waals surface area contributed by atoms with Gasteiger partial charge in [-0.1, -0.05) is 25.1 Å². The number of rotatable bonds is 6. The standard InChI is InChI=1S/C21H18N4O2S/c1-2-3-4-16-8-7-15(13-23)20(24-16)28-18-11-19(26)25(21(18)27)17-9-5-14(12-22)6-10-17/h5-10,18H,2-4,11H2,1H3. The van der Waals surface area contributed by atoms with Crippen molar-refractivity contribution >= 4 is 29.3 Å². The summed E-state index contributed by atoms with van der Waals surface area (Å²) in [7, 11) is 0. The molecule has 28 heavy (non-hydrogen) atoms. The Balaban J connectivity index is 1.82. The zero-order valence-electron chi connectivity index (χ0n) is 15.4. The molecule has 1 aliphatic heterocycles. The van der Waals surface area contributed by atoms with Crippen LogP contribution in [-0.4, -0.2) is 22.0 Å². The minimum Gasteiger partial charge on any atom is -0.274 e. The molecule has 7 heteroatoms. The molecule has 2 amide bonds. The van der Waals surface area contributed by atoms with Crippen LogP contribution in [0.5, 0.6) is 0 Å². The van der Waals surface area contributed by atoms with Gasteiger partial charge in [0, 0.05) is 12.1 Å². The van der Waals surface area contributed by atoms with Crippen LogP contribution in [0.15, 0.2) is 41.4 Å². The molecular weight excluding hydrogens is 372 g/mol. The molecule has 1 fully saturated rings. The number of carbonyl (C=O) groups is 2. The fraction of sp³-hybridized carbons (Fsp3) is 0.286. The van der Waals surface area contributed by atoms with E-state index in [1.165, 1.54) is 11.8 Å². The molecule has 0 radical (unpaired) electrons. The van der Waals surface area contributed by atoms with Crippen molar-refractivity contribution in [2.45, 2.75) is 42.9 Å². The van der Waals surface area contributed by atoms with E-state index in [0.29, 0.717) is 21.8 Å². The van der Waals surface area contributed by atoms with Gasteiger partial charge < -0.3 is 0 Å². The summed E-state index contributed by atoms with van der Waals surface area (Å²) < 4.78 is 0. The molecule has 0 aliphatic carbocycles. The Morgan fingerprint density at radius 1 is 1.14 bits per heavy atom. The fourth-order valence-electron chi connectivity index (χ4n) is 2.94. The summed E-state index contributed by atoms with van der Waals surface area (Å²) in [4.78, 5) is 31.0. The Hall–Kier alpha value is -3.16. The molecule has 0 N–H and O–H groups in total. The number of aryl methyl sites for hydroxylation is 1. The number of nitrogens with zero attached hydrogens (tertiary/aromatic N) is 4. The van der Waals surface area contributed by atoms with Crippen LogP contribution in [0.4, 0.5) is 5.69 Å². The summed E-state index contributed by atoms with van der Waals surface area (Å²) in [6.45, 7) is 2.10. The predicted molar refractivity (Wildman–Crippen MR) is 105 cm³/mol. The number of thioether (sulfide) groups is 1. The van der Waals surface area contributed by atoms with Crippen molar-refractivity contribution < 1.29 is 9.59 Å². The molecule has 0 saturated carbocycles. The number of unbranched alkanes of at least 4 members (excludes halogenated alkanes) is 1. The van der Waals surface area contributed by atoms with Crippen LogP contribution in [0.3, 0.4) is 0 Å². The third-order valence-electron chi connectivity index (χ3n) is 4.44. The zero-order valence-corrected chi connectivity index (χ0v) is 16.2.